The fourth-order valence-electron chi connectivity index (χ4n) is 1.53. The molecule has 2 aromatic rings. The molecule has 1 aromatic heterocycles. The van der Waals surface area contributed by atoms with Crippen LogP contribution in [0.15, 0.2) is 36.5 Å². The second-order valence-electron chi connectivity index (χ2n) is 4.66. The topological polar surface area (TPSA) is 12.9 Å². The van der Waals surface area contributed by atoms with Crippen LogP contribution in [0.5, 0.6) is 0 Å². The highest BCUT2D eigenvalue weighted by Gasteiger charge is 2.13. The number of hydrogen-bond acceptors (Lipinski definition) is 1. The first kappa shape index (κ1) is 9.20. The molecule has 72 valence electrons. The maximum Gasteiger partial charge on any atom is 0.0704 e. The van der Waals surface area contributed by atoms with Gasteiger partial charge in [-0.15, -0.1) is 0 Å². The van der Waals surface area contributed by atoms with E-state index in [1.165, 1.54) is 10.9 Å². The second-order valence-corrected chi connectivity index (χ2v) is 4.66. The summed E-state index contributed by atoms with van der Waals surface area (Å²) in [5, 5.41) is 1.21. The average Bonchev–Trinajstić information content (AvgIpc) is 2.16. The standard InChI is InChI=1S/C13H15N/c1-13(2,3)11-7-6-10-5-4-8-14-12(10)9-11/h4-9H,1-3H3. The van der Waals surface area contributed by atoms with E-state index in [9.17, 15) is 0 Å². The van der Waals surface area contributed by atoms with E-state index in [4.69, 9.17) is 0 Å². The molecule has 0 bridgehead atoms. The molecule has 1 aromatic carbocycles. The van der Waals surface area contributed by atoms with Gasteiger partial charge in [-0.1, -0.05) is 39.0 Å². The quantitative estimate of drug-likeness (QED) is 0.611. The summed E-state index contributed by atoms with van der Waals surface area (Å²) in [5.74, 6) is 0. The molecule has 14 heavy (non-hydrogen) atoms. The summed E-state index contributed by atoms with van der Waals surface area (Å²) in [6.45, 7) is 6.66. The molecule has 0 unspecified atom stereocenters. The molecule has 0 aliphatic rings. The summed E-state index contributed by atoms with van der Waals surface area (Å²) in [6, 6.07) is 10.6. The molecule has 0 aliphatic carbocycles. The third kappa shape index (κ3) is 1.63. The molecule has 0 amide bonds. The molecule has 0 atom stereocenters. The van der Waals surface area contributed by atoms with Gasteiger partial charge in [0.15, 0.2) is 0 Å². The van der Waals surface area contributed by atoms with Gasteiger partial charge in [0.05, 0.1) is 5.52 Å². The predicted octanol–water partition coefficient (Wildman–Crippen LogP) is 3.53. The van der Waals surface area contributed by atoms with Crippen molar-refractivity contribution in [2.75, 3.05) is 0 Å². The fourth-order valence-corrected chi connectivity index (χ4v) is 1.53. The Kier molecular flexibility index (Phi) is 2.03. The number of rotatable bonds is 0. The minimum atomic E-state index is 0.200. The van der Waals surface area contributed by atoms with Gasteiger partial charge in [0.2, 0.25) is 0 Å². The zero-order valence-electron chi connectivity index (χ0n) is 8.91. The third-order valence-corrected chi connectivity index (χ3v) is 2.47. The van der Waals surface area contributed by atoms with Crippen molar-refractivity contribution in [1.82, 2.24) is 4.98 Å². The maximum atomic E-state index is 4.36. The monoisotopic (exact) mass is 185 g/mol. The highest BCUT2D eigenvalue weighted by molar-refractivity contribution is 5.79. The van der Waals surface area contributed by atoms with Crippen LogP contribution in [0, 0.1) is 0 Å². The normalized spacial score (nSPS) is 11.9. The van der Waals surface area contributed by atoms with Crippen molar-refractivity contribution in [1.29, 1.82) is 0 Å². The van der Waals surface area contributed by atoms with Crippen LogP contribution in [0.3, 0.4) is 0 Å². The molecule has 0 aliphatic heterocycles. The van der Waals surface area contributed by atoms with Gasteiger partial charge in [0, 0.05) is 11.6 Å². The first-order valence-corrected chi connectivity index (χ1v) is 4.93. The van der Waals surface area contributed by atoms with Crippen LogP contribution < -0.4 is 0 Å². The minimum Gasteiger partial charge on any atom is -0.256 e. The van der Waals surface area contributed by atoms with E-state index in [1.807, 2.05) is 12.3 Å². The second kappa shape index (κ2) is 3.09. The lowest BCUT2D eigenvalue weighted by Crippen LogP contribution is -2.10. The van der Waals surface area contributed by atoms with E-state index in [-0.39, 0.29) is 5.41 Å². The van der Waals surface area contributed by atoms with Crippen molar-refractivity contribution in [3.05, 3.63) is 42.1 Å². The van der Waals surface area contributed by atoms with Gasteiger partial charge >= 0.3 is 0 Å². The number of pyridine rings is 1. The largest absolute Gasteiger partial charge is 0.256 e. The van der Waals surface area contributed by atoms with Crippen molar-refractivity contribution >= 4 is 10.9 Å². The van der Waals surface area contributed by atoms with Gasteiger partial charge in [0.25, 0.3) is 0 Å². The Bertz CT molecular complexity index is 452. The van der Waals surface area contributed by atoms with Crippen LogP contribution in [0.1, 0.15) is 26.3 Å². The number of fused-ring (bicyclic) bond motifs is 1. The Hall–Kier alpha value is -1.37. The highest BCUT2D eigenvalue weighted by Crippen LogP contribution is 2.24. The van der Waals surface area contributed by atoms with E-state index >= 15 is 0 Å². The van der Waals surface area contributed by atoms with Crippen molar-refractivity contribution < 1.29 is 0 Å². The minimum absolute atomic E-state index is 0.200. The summed E-state index contributed by atoms with van der Waals surface area (Å²) in [7, 11) is 0. The Morgan fingerprint density at radius 3 is 2.57 bits per heavy atom. The Labute approximate surface area is 84.8 Å². The average molecular weight is 185 g/mol. The van der Waals surface area contributed by atoms with Crippen LogP contribution in [0.4, 0.5) is 0 Å². The summed E-state index contributed by atoms with van der Waals surface area (Å²) in [6.07, 6.45) is 1.84. The Balaban J connectivity index is 2.63. The highest BCUT2D eigenvalue weighted by atomic mass is 14.6. The van der Waals surface area contributed by atoms with E-state index in [0.29, 0.717) is 0 Å². The molecule has 0 saturated carbocycles. The lowest BCUT2D eigenvalue weighted by Gasteiger charge is -2.19. The van der Waals surface area contributed by atoms with E-state index in [2.05, 4.69) is 50.0 Å². The first-order chi connectivity index (χ1) is 6.57. The molecular formula is C13H15N. The summed E-state index contributed by atoms with van der Waals surface area (Å²) in [4.78, 5) is 4.36. The third-order valence-electron chi connectivity index (χ3n) is 2.47. The number of nitrogens with zero attached hydrogens (tertiary/aromatic N) is 1. The van der Waals surface area contributed by atoms with Gasteiger partial charge in [0.1, 0.15) is 0 Å². The van der Waals surface area contributed by atoms with Crippen LogP contribution in [0.2, 0.25) is 0 Å². The molecule has 0 N–H and O–H groups in total. The lowest BCUT2D eigenvalue weighted by atomic mass is 9.86. The summed E-state index contributed by atoms with van der Waals surface area (Å²) in [5.41, 5.74) is 2.62. The van der Waals surface area contributed by atoms with Gasteiger partial charge in [-0.2, -0.15) is 0 Å². The number of benzene rings is 1. The molecule has 1 heterocycles. The molecular weight excluding hydrogens is 170 g/mol. The summed E-state index contributed by atoms with van der Waals surface area (Å²) >= 11 is 0. The number of hydrogen-bond donors (Lipinski definition) is 0. The van der Waals surface area contributed by atoms with Gasteiger partial charge in [-0.3, -0.25) is 4.98 Å². The van der Waals surface area contributed by atoms with Gasteiger partial charge in [-0.25, -0.2) is 0 Å². The van der Waals surface area contributed by atoms with Crippen LogP contribution >= 0.6 is 0 Å². The predicted molar refractivity (Wildman–Crippen MR) is 60.4 cm³/mol. The fraction of sp³-hybridized carbons (Fsp3) is 0.308. The number of aromatic nitrogens is 1. The zero-order valence-corrected chi connectivity index (χ0v) is 8.91. The van der Waals surface area contributed by atoms with E-state index < -0.39 is 0 Å². The van der Waals surface area contributed by atoms with Crippen LogP contribution in [-0.4, -0.2) is 4.98 Å². The lowest BCUT2D eigenvalue weighted by molar-refractivity contribution is 0.591. The van der Waals surface area contributed by atoms with Crippen molar-refractivity contribution in [2.45, 2.75) is 26.2 Å². The maximum absolute atomic E-state index is 4.36. The SMILES string of the molecule is CC(C)(C)c1ccc2cccnc2c1. The van der Waals surface area contributed by atoms with E-state index in [1.54, 1.807) is 0 Å². The molecule has 2 rings (SSSR count). The van der Waals surface area contributed by atoms with Crippen LogP contribution in [-0.2, 0) is 5.41 Å². The molecule has 0 radical (unpaired) electrons. The molecule has 1 nitrogen and oxygen atoms in total. The first-order valence-electron chi connectivity index (χ1n) is 4.93. The smallest absolute Gasteiger partial charge is 0.0704 e. The summed E-state index contributed by atoms with van der Waals surface area (Å²) < 4.78 is 0. The molecule has 0 spiro atoms. The molecule has 0 fully saturated rings. The van der Waals surface area contributed by atoms with Crippen molar-refractivity contribution in [2.24, 2.45) is 0 Å². The Morgan fingerprint density at radius 2 is 1.86 bits per heavy atom. The molecule has 1 heteroatoms. The van der Waals surface area contributed by atoms with Crippen molar-refractivity contribution in [3.63, 3.8) is 0 Å². The van der Waals surface area contributed by atoms with Gasteiger partial charge in [-0.05, 0) is 23.1 Å². The van der Waals surface area contributed by atoms with Crippen LogP contribution in [0.25, 0.3) is 10.9 Å². The Morgan fingerprint density at radius 1 is 1.07 bits per heavy atom. The molecule has 0 saturated heterocycles. The zero-order chi connectivity index (χ0) is 10.2. The van der Waals surface area contributed by atoms with Crippen molar-refractivity contribution in [3.8, 4) is 0 Å². The van der Waals surface area contributed by atoms with Gasteiger partial charge < -0.3 is 0 Å². The van der Waals surface area contributed by atoms with E-state index in [0.717, 1.165) is 5.52 Å².